The zero-order valence-electron chi connectivity index (χ0n) is 12.5. The van der Waals surface area contributed by atoms with Gasteiger partial charge >= 0.3 is 5.97 Å². The van der Waals surface area contributed by atoms with E-state index in [0.29, 0.717) is 17.7 Å². The van der Waals surface area contributed by atoms with E-state index in [1.165, 1.54) is 12.1 Å². The molecule has 0 saturated heterocycles. The maximum atomic E-state index is 11.5. The van der Waals surface area contributed by atoms with Gasteiger partial charge in [-0.1, -0.05) is 18.2 Å². The van der Waals surface area contributed by atoms with Gasteiger partial charge in [-0.25, -0.2) is 4.79 Å². The van der Waals surface area contributed by atoms with E-state index in [-0.39, 0.29) is 11.3 Å². The Labute approximate surface area is 129 Å². The Kier molecular flexibility index (Phi) is 4.84. The number of phenolic OH excluding ortho intramolecular Hbond substituents is 1. The van der Waals surface area contributed by atoms with Crippen LogP contribution in [0, 0.1) is 6.92 Å². The van der Waals surface area contributed by atoms with Crippen LogP contribution in [0.4, 0.5) is 0 Å². The number of aryl methyl sites for hydroxylation is 1. The van der Waals surface area contributed by atoms with E-state index in [2.05, 4.69) is 0 Å². The Morgan fingerprint density at radius 3 is 2.59 bits per heavy atom. The van der Waals surface area contributed by atoms with Crippen molar-refractivity contribution in [2.75, 3.05) is 6.61 Å². The van der Waals surface area contributed by atoms with Gasteiger partial charge in [0.15, 0.2) is 0 Å². The number of ether oxygens (including phenoxy) is 1. The zero-order valence-corrected chi connectivity index (χ0v) is 12.5. The zero-order chi connectivity index (χ0) is 16.1. The van der Waals surface area contributed by atoms with Gasteiger partial charge in [-0.15, -0.1) is 0 Å². The molecule has 0 saturated carbocycles. The minimum Gasteiger partial charge on any atom is -0.508 e. The van der Waals surface area contributed by atoms with E-state index in [1.807, 2.05) is 13.8 Å². The standard InChI is InChI=1S/C18H18O4/c1-3-22-17-8-7-14(9-12(17)2)16(18(20)21)11-13-5-4-6-15(19)10-13/h4-11,19H,3H2,1-2H3,(H,20,21)/b16-11-. The Bertz CT molecular complexity index is 717. The van der Waals surface area contributed by atoms with Crippen molar-refractivity contribution in [1.29, 1.82) is 0 Å². The number of hydrogen-bond acceptors (Lipinski definition) is 3. The van der Waals surface area contributed by atoms with Crippen LogP contribution in [-0.2, 0) is 4.79 Å². The van der Waals surface area contributed by atoms with Crippen molar-refractivity contribution in [3.8, 4) is 11.5 Å². The lowest BCUT2D eigenvalue weighted by molar-refractivity contribution is -0.130. The molecular weight excluding hydrogens is 280 g/mol. The van der Waals surface area contributed by atoms with Gasteiger partial charge in [0.25, 0.3) is 0 Å². The van der Waals surface area contributed by atoms with Crippen molar-refractivity contribution in [3.05, 3.63) is 59.2 Å². The number of carboxylic acid groups (broad SMARTS) is 1. The van der Waals surface area contributed by atoms with Crippen LogP contribution in [0.15, 0.2) is 42.5 Å². The molecule has 0 aliphatic heterocycles. The van der Waals surface area contributed by atoms with Crippen molar-refractivity contribution < 1.29 is 19.7 Å². The average molecular weight is 298 g/mol. The molecule has 0 radical (unpaired) electrons. The van der Waals surface area contributed by atoms with E-state index in [9.17, 15) is 15.0 Å². The highest BCUT2D eigenvalue weighted by molar-refractivity contribution is 6.20. The summed E-state index contributed by atoms with van der Waals surface area (Å²) in [4.78, 5) is 11.5. The van der Waals surface area contributed by atoms with Crippen LogP contribution >= 0.6 is 0 Å². The maximum Gasteiger partial charge on any atom is 0.336 e. The maximum absolute atomic E-state index is 11.5. The molecule has 0 aliphatic rings. The fraction of sp³-hybridized carbons (Fsp3) is 0.167. The molecule has 2 aromatic carbocycles. The van der Waals surface area contributed by atoms with Crippen molar-refractivity contribution in [3.63, 3.8) is 0 Å². The smallest absolute Gasteiger partial charge is 0.336 e. The van der Waals surface area contributed by atoms with Gasteiger partial charge in [-0.2, -0.15) is 0 Å². The summed E-state index contributed by atoms with van der Waals surface area (Å²) in [6.07, 6.45) is 1.54. The molecule has 0 unspecified atom stereocenters. The molecule has 0 fully saturated rings. The topological polar surface area (TPSA) is 66.8 Å². The number of benzene rings is 2. The SMILES string of the molecule is CCOc1ccc(/C(=C/c2cccc(O)c2)C(=O)O)cc1C. The minimum absolute atomic E-state index is 0.0985. The number of rotatable bonds is 5. The Morgan fingerprint density at radius 1 is 1.23 bits per heavy atom. The van der Waals surface area contributed by atoms with Gasteiger partial charge < -0.3 is 14.9 Å². The second kappa shape index (κ2) is 6.80. The first-order valence-corrected chi connectivity index (χ1v) is 6.99. The van der Waals surface area contributed by atoms with Gasteiger partial charge in [0.05, 0.1) is 12.2 Å². The monoisotopic (exact) mass is 298 g/mol. The number of phenols is 1. The van der Waals surface area contributed by atoms with Crippen molar-refractivity contribution in [1.82, 2.24) is 0 Å². The summed E-state index contributed by atoms with van der Waals surface area (Å²) in [6.45, 7) is 4.34. The molecule has 2 rings (SSSR count). The summed E-state index contributed by atoms with van der Waals surface area (Å²) in [5.41, 5.74) is 2.26. The van der Waals surface area contributed by atoms with Crippen LogP contribution in [0.5, 0.6) is 11.5 Å². The highest BCUT2D eigenvalue weighted by Crippen LogP contribution is 2.26. The molecular formula is C18H18O4. The normalized spacial score (nSPS) is 11.3. The van der Waals surface area contributed by atoms with Crippen molar-refractivity contribution >= 4 is 17.6 Å². The second-order valence-electron chi connectivity index (χ2n) is 4.87. The summed E-state index contributed by atoms with van der Waals surface area (Å²) in [5.74, 6) is -0.179. The second-order valence-corrected chi connectivity index (χ2v) is 4.87. The summed E-state index contributed by atoms with van der Waals surface area (Å²) >= 11 is 0. The molecule has 22 heavy (non-hydrogen) atoms. The van der Waals surface area contributed by atoms with Gasteiger partial charge in [0, 0.05) is 0 Å². The number of carbonyl (C=O) groups is 1. The van der Waals surface area contributed by atoms with E-state index in [4.69, 9.17) is 4.74 Å². The first-order chi connectivity index (χ1) is 10.5. The third kappa shape index (κ3) is 3.67. The van der Waals surface area contributed by atoms with Gasteiger partial charge in [0.2, 0.25) is 0 Å². The molecule has 0 amide bonds. The van der Waals surface area contributed by atoms with Gasteiger partial charge in [0.1, 0.15) is 11.5 Å². The van der Waals surface area contributed by atoms with Crippen LogP contribution in [0.2, 0.25) is 0 Å². The molecule has 0 aliphatic carbocycles. The first kappa shape index (κ1) is 15.6. The van der Waals surface area contributed by atoms with Gasteiger partial charge in [-0.05, 0) is 60.9 Å². The highest BCUT2D eigenvalue weighted by Gasteiger charge is 2.12. The van der Waals surface area contributed by atoms with Crippen LogP contribution in [-0.4, -0.2) is 22.8 Å². The van der Waals surface area contributed by atoms with Crippen LogP contribution < -0.4 is 4.74 Å². The fourth-order valence-corrected chi connectivity index (χ4v) is 2.18. The number of aliphatic carboxylic acids is 1. The number of carboxylic acids is 1. The fourth-order valence-electron chi connectivity index (χ4n) is 2.18. The minimum atomic E-state index is -1.02. The summed E-state index contributed by atoms with van der Waals surface area (Å²) in [7, 11) is 0. The molecule has 0 spiro atoms. The van der Waals surface area contributed by atoms with E-state index in [0.717, 1.165) is 11.3 Å². The molecule has 4 heteroatoms. The lowest BCUT2D eigenvalue weighted by Gasteiger charge is -2.10. The van der Waals surface area contributed by atoms with Gasteiger partial charge in [-0.3, -0.25) is 0 Å². The quantitative estimate of drug-likeness (QED) is 0.652. The molecule has 0 aromatic heterocycles. The number of aromatic hydroxyl groups is 1. The Hall–Kier alpha value is -2.75. The first-order valence-electron chi connectivity index (χ1n) is 6.99. The van der Waals surface area contributed by atoms with Crippen LogP contribution in [0.3, 0.4) is 0 Å². The summed E-state index contributed by atoms with van der Waals surface area (Å²) in [5, 5.41) is 18.9. The molecule has 4 nitrogen and oxygen atoms in total. The largest absolute Gasteiger partial charge is 0.508 e. The molecule has 0 atom stereocenters. The Morgan fingerprint density at radius 2 is 2.00 bits per heavy atom. The number of hydrogen-bond donors (Lipinski definition) is 2. The van der Waals surface area contributed by atoms with Crippen LogP contribution in [0.25, 0.3) is 11.6 Å². The predicted octanol–water partition coefficient (Wildman–Crippen LogP) is 3.72. The lowest BCUT2D eigenvalue weighted by atomic mass is 10.0. The molecule has 114 valence electrons. The Balaban J connectivity index is 2.44. The van der Waals surface area contributed by atoms with E-state index in [1.54, 1.807) is 36.4 Å². The van der Waals surface area contributed by atoms with E-state index < -0.39 is 5.97 Å². The third-order valence-electron chi connectivity index (χ3n) is 3.20. The average Bonchev–Trinajstić information content (AvgIpc) is 2.47. The molecule has 2 N–H and O–H groups in total. The van der Waals surface area contributed by atoms with E-state index >= 15 is 0 Å². The highest BCUT2D eigenvalue weighted by atomic mass is 16.5. The summed E-state index contributed by atoms with van der Waals surface area (Å²) < 4.78 is 5.47. The van der Waals surface area contributed by atoms with Crippen LogP contribution in [0.1, 0.15) is 23.6 Å². The molecule has 0 heterocycles. The molecule has 0 bridgehead atoms. The van der Waals surface area contributed by atoms with Crippen molar-refractivity contribution in [2.24, 2.45) is 0 Å². The third-order valence-corrected chi connectivity index (χ3v) is 3.20. The predicted molar refractivity (Wildman–Crippen MR) is 86.0 cm³/mol. The molecule has 2 aromatic rings. The lowest BCUT2D eigenvalue weighted by Crippen LogP contribution is -2.01. The van der Waals surface area contributed by atoms with Crippen molar-refractivity contribution in [2.45, 2.75) is 13.8 Å². The summed E-state index contributed by atoms with van der Waals surface area (Å²) in [6, 6.07) is 11.7.